The molecule has 0 fully saturated rings. The average molecular weight is 425 g/mol. The Kier molecular flexibility index (Phi) is 9.19. The lowest BCUT2D eigenvalue weighted by atomic mass is 9.78. The van der Waals surface area contributed by atoms with Crippen LogP contribution >= 0.6 is 0 Å². The number of aromatic hydroxyl groups is 1. The van der Waals surface area contributed by atoms with Gasteiger partial charge in [-0.1, -0.05) is 80.6 Å². The Morgan fingerprint density at radius 3 is 1.90 bits per heavy atom. The van der Waals surface area contributed by atoms with Crippen molar-refractivity contribution in [3.63, 3.8) is 0 Å². The summed E-state index contributed by atoms with van der Waals surface area (Å²) >= 11 is 0. The number of hydrogen-bond donors (Lipinski definition) is 2. The molecule has 166 valence electrons. The number of sulfonamides is 1. The van der Waals surface area contributed by atoms with Crippen molar-refractivity contribution < 1.29 is 13.5 Å². The minimum Gasteiger partial charge on any atom is -0.507 e. The molecule has 5 nitrogen and oxygen atoms in total. The Bertz CT molecular complexity index is 750. The van der Waals surface area contributed by atoms with E-state index in [2.05, 4.69) is 16.9 Å². The second-order valence-electron chi connectivity index (χ2n) is 9.90. The van der Waals surface area contributed by atoms with Crippen molar-refractivity contribution in [1.29, 1.82) is 0 Å². The van der Waals surface area contributed by atoms with Crippen molar-refractivity contribution in [2.45, 2.75) is 97.8 Å². The van der Waals surface area contributed by atoms with Gasteiger partial charge in [0.1, 0.15) is 5.75 Å². The summed E-state index contributed by atoms with van der Waals surface area (Å²) in [5, 5.41) is 14.7. The molecule has 0 aliphatic rings. The summed E-state index contributed by atoms with van der Waals surface area (Å²) < 4.78 is 24.3. The van der Waals surface area contributed by atoms with Crippen LogP contribution in [0.25, 0.3) is 0 Å². The van der Waals surface area contributed by atoms with Gasteiger partial charge < -0.3 is 5.11 Å². The molecule has 0 saturated heterocycles. The first-order chi connectivity index (χ1) is 13.3. The molecule has 0 aliphatic heterocycles. The Labute approximate surface area is 178 Å². The van der Waals surface area contributed by atoms with Crippen LogP contribution in [0, 0.1) is 0 Å². The van der Waals surface area contributed by atoms with Gasteiger partial charge in [0.05, 0.1) is 12.0 Å². The fraction of sp³-hybridized carbons (Fsp3) is 0.696. The van der Waals surface area contributed by atoms with E-state index in [1.807, 2.05) is 53.7 Å². The molecule has 0 spiro atoms. The monoisotopic (exact) mass is 424 g/mol. The highest BCUT2D eigenvalue weighted by Gasteiger charge is 2.26. The number of phenols is 1. The minimum atomic E-state index is -3.43. The zero-order chi connectivity index (χ0) is 22.3. The molecule has 0 aromatic heterocycles. The second kappa shape index (κ2) is 10.5. The molecule has 0 unspecified atom stereocenters. The first-order valence-corrected chi connectivity index (χ1v) is 12.3. The van der Waals surface area contributed by atoms with Gasteiger partial charge in [0.2, 0.25) is 10.0 Å². The Morgan fingerprint density at radius 1 is 0.931 bits per heavy atom. The highest BCUT2D eigenvalue weighted by Crippen LogP contribution is 2.39. The summed E-state index contributed by atoms with van der Waals surface area (Å²) in [5.74, 6) is 0.387. The van der Waals surface area contributed by atoms with Crippen molar-refractivity contribution in [3.8, 4) is 5.75 Å². The molecule has 6 heteroatoms. The summed E-state index contributed by atoms with van der Waals surface area (Å²) in [6.45, 7) is 14.4. The van der Waals surface area contributed by atoms with Crippen LogP contribution in [0.3, 0.4) is 0 Å². The van der Waals surface area contributed by atoms with Crippen LogP contribution in [0.4, 0.5) is 0 Å². The topological polar surface area (TPSA) is 78.8 Å². The van der Waals surface area contributed by atoms with Crippen LogP contribution in [0.2, 0.25) is 0 Å². The standard InChI is InChI=1S/C23H40N2O3S/c1-8-9-10-11-12-13-14-29(27,28)25-24-17-18-15-19(22(2,3)4)21(26)20(16-18)23(5,6)7/h15-17,25-26H,8-14H2,1-7H3/b24-17-. The van der Waals surface area contributed by atoms with E-state index < -0.39 is 10.0 Å². The van der Waals surface area contributed by atoms with Crippen LogP contribution in [-0.2, 0) is 20.9 Å². The maximum absolute atomic E-state index is 12.2. The van der Waals surface area contributed by atoms with Crippen LogP contribution in [-0.4, -0.2) is 25.5 Å². The van der Waals surface area contributed by atoms with Crippen LogP contribution < -0.4 is 4.83 Å². The number of nitrogens with one attached hydrogen (secondary N) is 1. The number of phenolic OH excluding ortho intramolecular Hbond substituents is 1. The van der Waals surface area contributed by atoms with Gasteiger partial charge in [0.15, 0.2) is 0 Å². The minimum absolute atomic E-state index is 0.0898. The second-order valence-corrected chi connectivity index (χ2v) is 11.7. The lowest BCUT2D eigenvalue weighted by Gasteiger charge is -2.27. The number of unbranched alkanes of at least 4 members (excludes halogenated alkanes) is 5. The SMILES string of the molecule is CCCCCCCCS(=O)(=O)N/N=C\c1cc(C(C)(C)C)c(O)c(C(C)(C)C)c1. The molecule has 0 aliphatic carbocycles. The highest BCUT2D eigenvalue weighted by molar-refractivity contribution is 7.89. The summed E-state index contributed by atoms with van der Waals surface area (Å²) in [5.41, 5.74) is 1.92. The van der Waals surface area contributed by atoms with E-state index in [9.17, 15) is 13.5 Å². The van der Waals surface area contributed by atoms with Crippen molar-refractivity contribution in [2.24, 2.45) is 5.10 Å². The van der Waals surface area contributed by atoms with E-state index in [1.54, 1.807) is 0 Å². The normalized spacial score (nSPS) is 13.2. The van der Waals surface area contributed by atoms with Gasteiger partial charge in [-0.3, -0.25) is 0 Å². The Balaban J connectivity index is 2.88. The molecule has 1 aromatic rings. The maximum atomic E-state index is 12.2. The number of nitrogens with zero attached hydrogens (tertiary/aromatic N) is 1. The van der Waals surface area contributed by atoms with Crippen LogP contribution in [0.5, 0.6) is 5.75 Å². The van der Waals surface area contributed by atoms with Gasteiger partial charge in [-0.05, 0) is 34.9 Å². The molecule has 0 bridgehead atoms. The maximum Gasteiger partial charge on any atom is 0.247 e. The highest BCUT2D eigenvalue weighted by atomic mass is 32.2. The summed E-state index contributed by atoms with van der Waals surface area (Å²) in [6, 6.07) is 3.74. The predicted molar refractivity (Wildman–Crippen MR) is 123 cm³/mol. The summed E-state index contributed by atoms with van der Waals surface area (Å²) in [6.07, 6.45) is 7.71. The molecule has 29 heavy (non-hydrogen) atoms. The number of rotatable bonds is 10. The predicted octanol–water partition coefficient (Wildman–Crippen LogP) is 5.60. The van der Waals surface area contributed by atoms with E-state index >= 15 is 0 Å². The smallest absolute Gasteiger partial charge is 0.247 e. The van der Waals surface area contributed by atoms with Gasteiger partial charge in [0, 0.05) is 11.1 Å². The van der Waals surface area contributed by atoms with Gasteiger partial charge >= 0.3 is 0 Å². The van der Waals surface area contributed by atoms with E-state index in [1.165, 1.54) is 19.1 Å². The van der Waals surface area contributed by atoms with E-state index in [4.69, 9.17) is 0 Å². The average Bonchev–Trinajstić information content (AvgIpc) is 2.57. The molecule has 1 aromatic carbocycles. The van der Waals surface area contributed by atoms with Gasteiger partial charge in [0.25, 0.3) is 0 Å². The first kappa shape index (κ1) is 25.5. The Hall–Kier alpha value is -1.56. The van der Waals surface area contributed by atoms with E-state index in [0.717, 1.165) is 36.0 Å². The van der Waals surface area contributed by atoms with Gasteiger partial charge in [-0.2, -0.15) is 5.10 Å². The van der Waals surface area contributed by atoms with Crippen molar-refractivity contribution in [1.82, 2.24) is 4.83 Å². The molecule has 2 N–H and O–H groups in total. The third kappa shape index (κ3) is 8.77. The third-order valence-corrected chi connectivity index (χ3v) is 6.13. The number of hydrazone groups is 1. The lowest BCUT2D eigenvalue weighted by Crippen LogP contribution is -2.22. The quantitative estimate of drug-likeness (QED) is 0.291. The molecule has 0 radical (unpaired) electrons. The fourth-order valence-corrected chi connectivity index (χ4v) is 4.06. The Morgan fingerprint density at radius 2 is 1.41 bits per heavy atom. The van der Waals surface area contributed by atoms with Gasteiger partial charge in [-0.15, -0.1) is 0 Å². The zero-order valence-corrected chi connectivity index (χ0v) is 20.1. The van der Waals surface area contributed by atoms with Crippen molar-refractivity contribution >= 4 is 16.2 Å². The van der Waals surface area contributed by atoms with E-state index in [-0.39, 0.29) is 16.6 Å². The fourth-order valence-electron chi connectivity index (χ4n) is 3.17. The van der Waals surface area contributed by atoms with Crippen LogP contribution in [0.15, 0.2) is 17.2 Å². The molecule has 0 heterocycles. The molecular formula is C23H40N2O3S. The molecular weight excluding hydrogens is 384 g/mol. The van der Waals surface area contributed by atoms with Crippen molar-refractivity contribution in [3.05, 3.63) is 28.8 Å². The number of benzene rings is 1. The van der Waals surface area contributed by atoms with E-state index in [0.29, 0.717) is 12.2 Å². The largest absolute Gasteiger partial charge is 0.507 e. The number of hydrogen-bond acceptors (Lipinski definition) is 4. The lowest BCUT2D eigenvalue weighted by molar-refractivity contribution is 0.423. The molecule has 1 rings (SSSR count). The third-order valence-electron chi connectivity index (χ3n) is 4.92. The van der Waals surface area contributed by atoms with Crippen molar-refractivity contribution in [2.75, 3.05) is 5.75 Å². The molecule has 0 amide bonds. The molecule has 0 atom stereocenters. The molecule has 0 saturated carbocycles. The summed E-state index contributed by atoms with van der Waals surface area (Å²) in [7, 11) is -3.43. The zero-order valence-electron chi connectivity index (χ0n) is 19.3. The summed E-state index contributed by atoms with van der Waals surface area (Å²) in [4.78, 5) is 2.32. The van der Waals surface area contributed by atoms with Crippen LogP contribution in [0.1, 0.15) is 104 Å². The first-order valence-electron chi connectivity index (χ1n) is 10.7. The van der Waals surface area contributed by atoms with Gasteiger partial charge in [-0.25, -0.2) is 13.2 Å².